The fraction of sp³-hybridized carbons (Fsp3) is 0.864. The van der Waals surface area contributed by atoms with E-state index in [4.69, 9.17) is 5.73 Å². The summed E-state index contributed by atoms with van der Waals surface area (Å²) in [5, 5.41) is 0. The number of hydrogen-bond donors (Lipinski definition) is 1. The van der Waals surface area contributed by atoms with Crippen LogP contribution < -0.4 is 5.73 Å². The maximum atomic E-state index is 5.80. The Bertz CT molecular complexity index is 469. The third kappa shape index (κ3) is 9.39. The van der Waals surface area contributed by atoms with E-state index in [0.29, 0.717) is 0 Å². The summed E-state index contributed by atoms with van der Waals surface area (Å²) in [5.74, 6) is 2.23. The van der Waals surface area contributed by atoms with Gasteiger partial charge in [-0.05, 0) is 44.3 Å². The predicted octanol–water partition coefficient (Wildman–Crippen LogP) is 2.14. The molecule has 0 saturated carbocycles. The molecule has 6 nitrogen and oxygen atoms in total. The standard InChI is InChI=1S/C22H44N6/c1-20(2)17-28(18-21(3)4)11-6-9-26-15-13-25(14-16-26)8-5-10-27-12-7-24-22(23)19-27/h7,12,20-21H,5-6,8-11,13-19H2,1-4H3,(H2,23,24). The molecule has 2 aliphatic heterocycles. The Kier molecular flexibility index (Phi) is 10.3. The Morgan fingerprint density at radius 1 is 0.929 bits per heavy atom. The van der Waals surface area contributed by atoms with Gasteiger partial charge in [-0.3, -0.25) is 0 Å². The average Bonchev–Trinajstić information content (AvgIpc) is 2.62. The predicted molar refractivity (Wildman–Crippen MR) is 121 cm³/mol. The van der Waals surface area contributed by atoms with Gasteiger partial charge in [-0.2, -0.15) is 0 Å². The van der Waals surface area contributed by atoms with Crippen molar-refractivity contribution in [2.75, 3.05) is 72.0 Å². The summed E-state index contributed by atoms with van der Waals surface area (Å²) < 4.78 is 0. The van der Waals surface area contributed by atoms with Crippen LogP contribution in [-0.4, -0.2) is 97.4 Å². The van der Waals surface area contributed by atoms with Crippen LogP contribution in [0, 0.1) is 11.8 Å². The molecular formula is C22H44N6. The summed E-state index contributed by atoms with van der Waals surface area (Å²) in [6, 6.07) is 0. The highest BCUT2D eigenvalue weighted by atomic mass is 15.3. The Morgan fingerprint density at radius 2 is 1.50 bits per heavy atom. The van der Waals surface area contributed by atoms with Crippen LogP contribution in [0.15, 0.2) is 17.4 Å². The van der Waals surface area contributed by atoms with Crippen molar-refractivity contribution >= 4 is 5.84 Å². The molecule has 1 fully saturated rings. The van der Waals surface area contributed by atoms with Crippen LogP contribution in [0.5, 0.6) is 0 Å². The highest BCUT2D eigenvalue weighted by Gasteiger charge is 2.17. The number of nitrogens with zero attached hydrogens (tertiary/aromatic N) is 5. The van der Waals surface area contributed by atoms with Gasteiger partial charge < -0.3 is 25.3 Å². The quantitative estimate of drug-likeness (QED) is 0.551. The summed E-state index contributed by atoms with van der Waals surface area (Å²) in [4.78, 5) is 14.3. The van der Waals surface area contributed by atoms with Crippen LogP contribution in [0.4, 0.5) is 0 Å². The highest BCUT2D eigenvalue weighted by Crippen LogP contribution is 2.08. The van der Waals surface area contributed by atoms with E-state index in [1.807, 2.05) is 0 Å². The van der Waals surface area contributed by atoms with E-state index in [0.717, 1.165) is 30.8 Å². The maximum Gasteiger partial charge on any atom is 0.119 e. The van der Waals surface area contributed by atoms with Crippen LogP contribution in [0.3, 0.4) is 0 Å². The zero-order valence-electron chi connectivity index (χ0n) is 18.8. The Labute approximate surface area is 173 Å². The third-order valence-corrected chi connectivity index (χ3v) is 5.46. The highest BCUT2D eigenvalue weighted by molar-refractivity contribution is 5.83. The summed E-state index contributed by atoms with van der Waals surface area (Å²) in [6.45, 7) is 22.2. The second-order valence-corrected chi connectivity index (χ2v) is 9.33. The van der Waals surface area contributed by atoms with E-state index < -0.39 is 0 Å². The van der Waals surface area contributed by atoms with Gasteiger partial charge in [0.2, 0.25) is 0 Å². The lowest BCUT2D eigenvalue weighted by molar-refractivity contribution is 0.121. The van der Waals surface area contributed by atoms with Gasteiger partial charge in [-0.15, -0.1) is 0 Å². The summed E-state index contributed by atoms with van der Waals surface area (Å²) in [6.07, 6.45) is 6.35. The number of hydrogen-bond acceptors (Lipinski definition) is 6. The van der Waals surface area contributed by atoms with Crippen molar-refractivity contribution in [3.63, 3.8) is 0 Å². The molecule has 0 aromatic rings. The molecule has 0 unspecified atom stereocenters. The first-order chi connectivity index (χ1) is 13.4. The van der Waals surface area contributed by atoms with E-state index in [1.54, 1.807) is 6.20 Å². The van der Waals surface area contributed by atoms with Gasteiger partial charge in [0.15, 0.2) is 0 Å². The SMILES string of the molecule is CC(C)CN(CCCN1CCN(CCCN2C=CN=C(N)C2)CC1)CC(C)C. The van der Waals surface area contributed by atoms with Gasteiger partial charge in [-0.25, -0.2) is 4.99 Å². The van der Waals surface area contributed by atoms with Gasteiger partial charge >= 0.3 is 0 Å². The number of piperazine rings is 1. The zero-order valence-corrected chi connectivity index (χ0v) is 18.8. The Hall–Kier alpha value is -1.11. The zero-order chi connectivity index (χ0) is 20.4. The number of aliphatic imine (C=N–C) groups is 1. The summed E-state index contributed by atoms with van der Waals surface area (Å²) in [7, 11) is 0. The normalized spacial score (nSPS) is 19.2. The van der Waals surface area contributed by atoms with Gasteiger partial charge in [0, 0.05) is 58.2 Å². The monoisotopic (exact) mass is 392 g/mol. The van der Waals surface area contributed by atoms with Gasteiger partial charge in [0.05, 0.1) is 6.54 Å². The molecule has 2 rings (SSSR count). The molecule has 6 heteroatoms. The van der Waals surface area contributed by atoms with Crippen molar-refractivity contribution in [3.8, 4) is 0 Å². The van der Waals surface area contributed by atoms with Crippen LogP contribution in [0.2, 0.25) is 0 Å². The first-order valence-corrected chi connectivity index (χ1v) is 11.3. The minimum atomic E-state index is 0.719. The number of nitrogens with two attached hydrogens (primary N) is 1. The topological polar surface area (TPSA) is 51.3 Å². The first kappa shape index (κ1) is 23.2. The summed E-state index contributed by atoms with van der Waals surface area (Å²) in [5.41, 5.74) is 5.80. The lowest BCUT2D eigenvalue weighted by Crippen LogP contribution is -2.47. The first-order valence-electron chi connectivity index (χ1n) is 11.3. The molecule has 1 saturated heterocycles. The average molecular weight is 393 g/mol. The minimum Gasteiger partial charge on any atom is -0.386 e. The smallest absolute Gasteiger partial charge is 0.119 e. The van der Waals surface area contributed by atoms with Crippen LogP contribution in [0.1, 0.15) is 40.5 Å². The Morgan fingerprint density at radius 3 is 2.04 bits per heavy atom. The van der Waals surface area contributed by atoms with E-state index >= 15 is 0 Å². The van der Waals surface area contributed by atoms with Crippen molar-refractivity contribution in [2.45, 2.75) is 40.5 Å². The van der Waals surface area contributed by atoms with Gasteiger partial charge in [0.1, 0.15) is 5.84 Å². The number of amidine groups is 1. The minimum absolute atomic E-state index is 0.719. The fourth-order valence-electron chi connectivity index (χ4n) is 4.22. The van der Waals surface area contributed by atoms with E-state index in [1.165, 1.54) is 71.7 Å². The van der Waals surface area contributed by atoms with Crippen molar-refractivity contribution in [3.05, 3.63) is 12.4 Å². The molecule has 2 aliphatic rings. The summed E-state index contributed by atoms with van der Waals surface area (Å²) >= 11 is 0. The van der Waals surface area contributed by atoms with E-state index in [2.05, 4.69) is 58.5 Å². The van der Waals surface area contributed by atoms with Crippen LogP contribution in [0.25, 0.3) is 0 Å². The molecule has 0 spiro atoms. The molecular weight excluding hydrogens is 348 g/mol. The molecule has 0 bridgehead atoms. The molecule has 0 atom stereocenters. The molecule has 0 radical (unpaired) electrons. The largest absolute Gasteiger partial charge is 0.386 e. The Balaban J connectivity index is 1.55. The number of rotatable bonds is 12. The van der Waals surface area contributed by atoms with Crippen molar-refractivity contribution in [2.24, 2.45) is 22.6 Å². The van der Waals surface area contributed by atoms with Crippen LogP contribution in [-0.2, 0) is 0 Å². The van der Waals surface area contributed by atoms with Gasteiger partial charge in [-0.1, -0.05) is 27.7 Å². The van der Waals surface area contributed by atoms with Crippen molar-refractivity contribution < 1.29 is 0 Å². The maximum absolute atomic E-state index is 5.80. The molecule has 0 amide bonds. The second-order valence-electron chi connectivity index (χ2n) is 9.33. The molecule has 162 valence electrons. The lowest BCUT2D eigenvalue weighted by Gasteiger charge is -2.35. The van der Waals surface area contributed by atoms with E-state index in [-0.39, 0.29) is 0 Å². The van der Waals surface area contributed by atoms with Crippen LogP contribution >= 0.6 is 0 Å². The van der Waals surface area contributed by atoms with Crippen molar-refractivity contribution in [1.29, 1.82) is 0 Å². The second kappa shape index (κ2) is 12.5. The van der Waals surface area contributed by atoms with Crippen molar-refractivity contribution in [1.82, 2.24) is 19.6 Å². The fourth-order valence-corrected chi connectivity index (χ4v) is 4.22. The molecule has 2 heterocycles. The third-order valence-electron chi connectivity index (χ3n) is 5.46. The molecule has 2 N–H and O–H groups in total. The molecule has 0 aliphatic carbocycles. The van der Waals surface area contributed by atoms with E-state index in [9.17, 15) is 0 Å². The van der Waals surface area contributed by atoms with Gasteiger partial charge in [0.25, 0.3) is 0 Å². The molecule has 0 aromatic carbocycles. The lowest BCUT2D eigenvalue weighted by atomic mass is 10.1. The molecule has 28 heavy (non-hydrogen) atoms. The molecule has 0 aromatic heterocycles.